The standard InChI is InChI=1S/C13H19NO4/c1-7-8(2)11(16)14(10(7)15)9-5-4-6-13(9,3)12(17)18/h7-9H,4-6H2,1-3H3,(H,17,18). The first-order valence-electron chi connectivity index (χ1n) is 6.41. The molecule has 1 aliphatic carbocycles. The summed E-state index contributed by atoms with van der Waals surface area (Å²) in [5.41, 5.74) is -0.991. The van der Waals surface area contributed by atoms with E-state index >= 15 is 0 Å². The Morgan fingerprint density at radius 1 is 1.28 bits per heavy atom. The lowest BCUT2D eigenvalue weighted by Crippen LogP contribution is -2.50. The Hall–Kier alpha value is -1.39. The zero-order valence-corrected chi connectivity index (χ0v) is 11.0. The van der Waals surface area contributed by atoms with Gasteiger partial charge in [0, 0.05) is 11.8 Å². The highest BCUT2D eigenvalue weighted by Gasteiger charge is 2.55. The number of likely N-dealkylation sites (tertiary alicyclic amines) is 1. The fraction of sp³-hybridized carbons (Fsp3) is 0.769. The van der Waals surface area contributed by atoms with Crippen LogP contribution in [0, 0.1) is 17.3 Å². The van der Waals surface area contributed by atoms with Crippen molar-refractivity contribution in [2.24, 2.45) is 17.3 Å². The minimum atomic E-state index is -0.991. The van der Waals surface area contributed by atoms with Gasteiger partial charge in [-0.25, -0.2) is 0 Å². The fourth-order valence-electron chi connectivity index (χ4n) is 3.09. The molecule has 18 heavy (non-hydrogen) atoms. The molecule has 0 spiro atoms. The van der Waals surface area contributed by atoms with E-state index in [0.717, 1.165) is 6.42 Å². The molecule has 5 heteroatoms. The number of carboxylic acids is 1. The number of hydrogen-bond acceptors (Lipinski definition) is 3. The van der Waals surface area contributed by atoms with E-state index in [4.69, 9.17) is 0 Å². The molecule has 1 N–H and O–H groups in total. The molecule has 0 aromatic rings. The van der Waals surface area contributed by atoms with E-state index in [9.17, 15) is 19.5 Å². The summed E-state index contributed by atoms with van der Waals surface area (Å²) < 4.78 is 0. The van der Waals surface area contributed by atoms with E-state index in [1.807, 2.05) is 0 Å². The van der Waals surface area contributed by atoms with E-state index in [0.29, 0.717) is 12.8 Å². The van der Waals surface area contributed by atoms with Gasteiger partial charge in [-0.15, -0.1) is 0 Å². The number of aliphatic carboxylic acids is 1. The number of imide groups is 1. The summed E-state index contributed by atoms with van der Waals surface area (Å²) in [6.45, 7) is 5.11. The zero-order valence-electron chi connectivity index (χ0n) is 11.0. The lowest BCUT2D eigenvalue weighted by molar-refractivity contribution is -0.155. The Morgan fingerprint density at radius 3 is 2.22 bits per heavy atom. The first kappa shape index (κ1) is 13.1. The molecule has 4 unspecified atom stereocenters. The van der Waals surface area contributed by atoms with Crippen LogP contribution in [-0.2, 0) is 14.4 Å². The molecule has 2 aliphatic rings. The van der Waals surface area contributed by atoms with Crippen LogP contribution in [0.1, 0.15) is 40.0 Å². The molecule has 100 valence electrons. The van der Waals surface area contributed by atoms with Gasteiger partial charge in [-0.1, -0.05) is 20.3 Å². The van der Waals surface area contributed by atoms with Crippen molar-refractivity contribution >= 4 is 17.8 Å². The summed E-state index contributed by atoms with van der Waals surface area (Å²) in [7, 11) is 0. The minimum Gasteiger partial charge on any atom is -0.481 e. The van der Waals surface area contributed by atoms with Crippen LogP contribution in [-0.4, -0.2) is 33.8 Å². The van der Waals surface area contributed by atoms with Gasteiger partial charge in [0.1, 0.15) is 0 Å². The van der Waals surface area contributed by atoms with E-state index < -0.39 is 17.4 Å². The van der Waals surface area contributed by atoms with Gasteiger partial charge >= 0.3 is 5.97 Å². The Labute approximate surface area is 106 Å². The third kappa shape index (κ3) is 1.56. The highest BCUT2D eigenvalue weighted by Crippen LogP contribution is 2.44. The Morgan fingerprint density at radius 2 is 1.78 bits per heavy atom. The maximum atomic E-state index is 12.1. The van der Waals surface area contributed by atoms with Gasteiger partial charge in [-0.2, -0.15) is 0 Å². The molecular formula is C13H19NO4. The maximum absolute atomic E-state index is 12.1. The molecule has 1 saturated heterocycles. The second kappa shape index (κ2) is 4.07. The molecule has 0 bridgehead atoms. The lowest BCUT2D eigenvalue weighted by Gasteiger charge is -2.33. The average Bonchev–Trinajstić information content (AvgIpc) is 2.77. The van der Waals surface area contributed by atoms with Gasteiger partial charge in [-0.3, -0.25) is 19.3 Å². The Bertz CT molecular complexity index is 399. The third-order valence-corrected chi connectivity index (χ3v) is 4.71. The second-order valence-corrected chi connectivity index (χ2v) is 5.75. The topological polar surface area (TPSA) is 74.7 Å². The summed E-state index contributed by atoms with van der Waals surface area (Å²) in [5, 5.41) is 9.36. The van der Waals surface area contributed by atoms with Crippen LogP contribution in [0.3, 0.4) is 0 Å². The van der Waals surface area contributed by atoms with E-state index in [1.165, 1.54) is 4.90 Å². The predicted octanol–water partition coefficient (Wildman–Crippen LogP) is 1.27. The number of carbonyl (C=O) groups excluding carboxylic acids is 2. The van der Waals surface area contributed by atoms with Gasteiger partial charge in [0.05, 0.1) is 11.5 Å². The van der Waals surface area contributed by atoms with Gasteiger partial charge < -0.3 is 5.11 Å². The van der Waals surface area contributed by atoms with Crippen molar-refractivity contribution in [3.8, 4) is 0 Å². The molecule has 0 aromatic heterocycles. The first-order chi connectivity index (χ1) is 8.30. The molecule has 5 nitrogen and oxygen atoms in total. The number of rotatable bonds is 2. The highest BCUT2D eigenvalue weighted by molar-refractivity contribution is 6.05. The van der Waals surface area contributed by atoms with Crippen molar-refractivity contribution in [3.05, 3.63) is 0 Å². The molecule has 1 saturated carbocycles. The van der Waals surface area contributed by atoms with Crippen LogP contribution in [0.4, 0.5) is 0 Å². The Balaban J connectivity index is 2.35. The molecule has 0 aromatic carbocycles. The van der Waals surface area contributed by atoms with Gasteiger partial charge in [0.15, 0.2) is 0 Å². The van der Waals surface area contributed by atoms with Gasteiger partial charge in [-0.05, 0) is 19.8 Å². The number of amides is 2. The van der Waals surface area contributed by atoms with Crippen molar-refractivity contribution in [1.82, 2.24) is 4.90 Å². The van der Waals surface area contributed by atoms with Crippen molar-refractivity contribution in [2.75, 3.05) is 0 Å². The average molecular weight is 253 g/mol. The fourth-order valence-corrected chi connectivity index (χ4v) is 3.09. The van der Waals surface area contributed by atoms with Crippen LogP contribution in [0.2, 0.25) is 0 Å². The highest BCUT2D eigenvalue weighted by atomic mass is 16.4. The molecule has 1 aliphatic heterocycles. The first-order valence-corrected chi connectivity index (χ1v) is 6.41. The third-order valence-electron chi connectivity index (χ3n) is 4.71. The normalized spacial score (nSPS) is 40.6. The van der Waals surface area contributed by atoms with Crippen molar-refractivity contribution in [2.45, 2.75) is 46.1 Å². The summed E-state index contributed by atoms with van der Waals surface area (Å²) >= 11 is 0. The van der Waals surface area contributed by atoms with E-state index in [-0.39, 0.29) is 23.7 Å². The van der Waals surface area contributed by atoms with Crippen LogP contribution >= 0.6 is 0 Å². The monoisotopic (exact) mass is 253 g/mol. The largest absolute Gasteiger partial charge is 0.481 e. The second-order valence-electron chi connectivity index (χ2n) is 5.75. The van der Waals surface area contributed by atoms with Crippen LogP contribution in [0.5, 0.6) is 0 Å². The summed E-state index contributed by atoms with van der Waals surface area (Å²) in [5.74, 6) is -2.02. The smallest absolute Gasteiger partial charge is 0.311 e. The van der Waals surface area contributed by atoms with E-state index in [1.54, 1.807) is 20.8 Å². The summed E-state index contributed by atoms with van der Waals surface area (Å²) in [6.07, 6.45) is 1.86. The number of hydrogen-bond donors (Lipinski definition) is 1. The molecule has 0 radical (unpaired) electrons. The van der Waals surface area contributed by atoms with Crippen LogP contribution in [0.15, 0.2) is 0 Å². The summed E-state index contributed by atoms with van der Waals surface area (Å²) in [4.78, 5) is 36.9. The molecule has 2 rings (SSSR count). The molecule has 2 amide bonds. The minimum absolute atomic E-state index is 0.216. The van der Waals surface area contributed by atoms with Gasteiger partial charge in [0.2, 0.25) is 11.8 Å². The van der Waals surface area contributed by atoms with Crippen LogP contribution < -0.4 is 0 Å². The quantitative estimate of drug-likeness (QED) is 0.752. The predicted molar refractivity (Wildman–Crippen MR) is 63.6 cm³/mol. The molecule has 2 fully saturated rings. The van der Waals surface area contributed by atoms with Crippen LogP contribution in [0.25, 0.3) is 0 Å². The molecule has 1 heterocycles. The van der Waals surface area contributed by atoms with Gasteiger partial charge in [0.25, 0.3) is 0 Å². The lowest BCUT2D eigenvalue weighted by atomic mass is 9.84. The number of carboxylic acid groups (broad SMARTS) is 1. The molecule has 4 atom stereocenters. The van der Waals surface area contributed by atoms with Crippen molar-refractivity contribution in [3.63, 3.8) is 0 Å². The Kier molecular flexibility index (Phi) is 2.95. The SMILES string of the molecule is CC1C(=O)N(C2CCCC2(C)C(=O)O)C(=O)C1C. The molecular weight excluding hydrogens is 234 g/mol. The van der Waals surface area contributed by atoms with Crippen molar-refractivity contribution < 1.29 is 19.5 Å². The van der Waals surface area contributed by atoms with E-state index in [2.05, 4.69) is 0 Å². The number of carbonyl (C=O) groups is 3. The zero-order chi connectivity index (χ0) is 13.7. The van der Waals surface area contributed by atoms with Crippen molar-refractivity contribution in [1.29, 1.82) is 0 Å². The summed E-state index contributed by atoms with van der Waals surface area (Å²) in [6, 6.07) is -0.484. The number of nitrogens with zero attached hydrogens (tertiary/aromatic N) is 1. The maximum Gasteiger partial charge on any atom is 0.311 e.